The minimum Gasteiger partial charge on any atom is -0.508 e. The van der Waals surface area contributed by atoms with E-state index in [-0.39, 0.29) is 17.8 Å². The molecule has 4 heterocycles. The predicted octanol–water partition coefficient (Wildman–Crippen LogP) is 3.67. The summed E-state index contributed by atoms with van der Waals surface area (Å²) in [6, 6.07) is 3.23. The van der Waals surface area contributed by atoms with Gasteiger partial charge in [0.2, 0.25) is 0 Å². The molecule has 5 nitrogen and oxygen atoms in total. The number of rotatable bonds is 2. The van der Waals surface area contributed by atoms with Crippen molar-refractivity contribution in [2.75, 3.05) is 0 Å². The topological polar surface area (TPSA) is 60.2 Å². The summed E-state index contributed by atoms with van der Waals surface area (Å²) in [5.41, 5.74) is 0.713. The summed E-state index contributed by atoms with van der Waals surface area (Å²) < 4.78 is 8.16. The second-order valence-electron chi connectivity index (χ2n) is 7.00. The number of ether oxygens (including phenoxy) is 1. The minimum atomic E-state index is 0.0694. The maximum atomic E-state index is 10.3. The highest BCUT2D eigenvalue weighted by Crippen LogP contribution is 2.46. The van der Waals surface area contributed by atoms with Crippen LogP contribution in [0.15, 0.2) is 12.1 Å². The minimum absolute atomic E-state index is 0.0694. The number of nitrogens with zero attached hydrogens (tertiary/aromatic N) is 3. The number of hydrogen-bond donors (Lipinski definition) is 1. The van der Waals surface area contributed by atoms with E-state index in [0.717, 1.165) is 37.5 Å². The van der Waals surface area contributed by atoms with E-state index < -0.39 is 0 Å². The lowest BCUT2D eigenvalue weighted by Crippen LogP contribution is -2.19. The largest absolute Gasteiger partial charge is 0.508 e. The van der Waals surface area contributed by atoms with Crippen LogP contribution in [0.2, 0.25) is 10.0 Å². The normalized spacial score (nSPS) is 30.9. The van der Waals surface area contributed by atoms with Crippen molar-refractivity contribution in [3.05, 3.63) is 39.4 Å². The molecule has 126 valence electrons. The monoisotopic (exact) mass is 365 g/mol. The Hall–Kier alpha value is -1.30. The molecule has 0 aliphatic carbocycles. The zero-order valence-electron chi connectivity index (χ0n) is 13.0. The van der Waals surface area contributed by atoms with Crippen LogP contribution in [-0.4, -0.2) is 32.1 Å². The fourth-order valence-corrected chi connectivity index (χ4v) is 5.00. The molecule has 1 N–H and O–H groups in total. The number of aromatic hydroxyl groups is 1. The molecule has 2 saturated heterocycles. The first-order chi connectivity index (χ1) is 11.6. The summed E-state index contributed by atoms with van der Waals surface area (Å²) in [4.78, 5) is 0. The number of benzene rings is 1. The smallest absolute Gasteiger partial charge is 0.138 e. The van der Waals surface area contributed by atoms with Gasteiger partial charge >= 0.3 is 0 Å². The van der Waals surface area contributed by atoms with Crippen LogP contribution in [0.3, 0.4) is 0 Å². The van der Waals surface area contributed by atoms with Gasteiger partial charge in [-0.3, -0.25) is 0 Å². The van der Waals surface area contributed by atoms with E-state index >= 15 is 0 Å². The van der Waals surface area contributed by atoms with Crippen molar-refractivity contribution in [3.8, 4) is 5.75 Å². The first-order valence-electron chi connectivity index (χ1n) is 8.36. The van der Waals surface area contributed by atoms with Crippen LogP contribution in [0.25, 0.3) is 0 Å². The van der Waals surface area contributed by atoms with E-state index in [0.29, 0.717) is 34.1 Å². The van der Waals surface area contributed by atoms with Crippen molar-refractivity contribution in [1.82, 2.24) is 14.8 Å². The van der Waals surface area contributed by atoms with Crippen molar-refractivity contribution in [2.45, 2.75) is 56.3 Å². The molecular formula is C17H17Cl2N3O2. The van der Waals surface area contributed by atoms with E-state index in [4.69, 9.17) is 27.9 Å². The molecule has 0 unspecified atom stereocenters. The molecule has 24 heavy (non-hydrogen) atoms. The van der Waals surface area contributed by atoms with Gasteiger partial charge in [-0.25, -0.2) is 0 Å². The average molecular weight is 366 g/mol. The van der Waals surface area contributed by atoms with Gasteiger partial charge < -0.3 is 14.4 Å². The van der Waals surface area contributed by atoms with Crippen LogP contribution in [0.1, 0.15) is 48.3 Å². The number of hydrogen-bond acceptors (Lipinski definition) is 4. The maximum absolute atomic E-state index is 10.3. The molecule has 2 fully saturated rings. The van der Waals surface area contributed by atoms with E-state index in [2.05, 4.69) is 14.8 Å². The Bertz CT molecular complexity index is 822. The molecule has 2 aromatic rings. The Morgan fingerprint density at radius 1 is 1.21 bits per heavy atom. The predicted molar refractivity (Wildman–Crippen MR) is 89.8 cm³/mol. The number of halogens is 2. The average Bonchev–Trinajstić information content (AvgIpc) is 3.30. The number of fused-ring (bicyclic) bond motifs is 3. The molecule has 3 aliphatic heterocycles. The van der Waals surface area contributed by atoms with Gasteiger partial charge in [-0.05, 0) is 31.4 Å². The molecule has 4 atom stereocenters. The third-order valence-electron chi connectivity index (χ3n) is 5.64. The molecule has 0 radical (unpaired) electrons. The number of phenols is 1. The van der Waals surface area contributed by atoms with E-state index in [9.17, 15) is 5.11 Å². The Balaban J connectivity index is 1.47. The zero-order valence-corrected chi connectivity index (χ0v) is 14.5. The zero-order chi connectivity index (χ0) is 16.4. The van der Waals surface area contributed by atoms with Gasteiger partial charge in [-0.1, -0.05) is 23.2 Å². The number of phenolic OH excluding ortho intramolecular Hbond substituents is 1. The molecule has 0 saturated carbocycles. The van der Waals surface area contributed by atoms with Crippen LogP contribution in [0.4, 0.5) is 0 Å². The van der Waals surface area contributed by atoms with Crippen molar-refractivity contribution in [2.24, 2.45) is 0 Å². The van der Waals surface area contributed by atoms with E-state index in [1.807, 2.05) is 0 Å². The third kappa shape index (κ3) is 2.11. The van der Waals surface area contributed by atoms with Crippen molar-refractivity contribution >= 4 is 23.2 Å². The highest BCUT2D eigenvalue weighted by molar-refractivity contribution is 6.42. The summed E-state index contributed by atoms with van der Waals surface area (Å²) in [7, 11) is 0. The van der Waals surface area contributed by atoms with E-state index in [1.165, 1.54) is 0 Å². The van der Waals surface area contributed by atoms with E-state index in [1.54, 1.807) is 12.1 Å². The maximum Gasteiger partial charge on any atom is 0.138 e. The highest BCUT2D eigenvalue weighted by Gasteiger charge is 2.45. The van der Waals surface area contributed by atoms with Crippen LogP contribution < -0.4 is 0 Å². The molecule has 0 amide bonds. The van der Waals surface area contributed by atoms with Crippen LogP contribution in [0.5, 0.6) is 5.75 Å². The van der Waals surface area contributed by atoms with Crippen molar-refractivity contribution in [1.29, 1.82) is 0 Å². The molecule has 2 bridgehead atoms. The Morgan fingerprint density at radius 3 is 2.83 bits per heavy atom. The van der Waals surface area contributed by atoms with Gasteiger partial charge in [0.15, 0.2) is 0 Å². The molecule has 3 aliphatic rings. The molecule has 1 aromatic heterocycles. The summed E-state index contributed by atoms with van der Waals surface area (Å²) >= 11 is 12.5. The standard InChI is InChI=1S/C17H17Cl2N3O2/c18-11-2-3-12(23)15(16(11)19)8-5-14-20-21-17(22(14)7-8)10-6-9-1-4-13(10)24-9/h2-3,8-10,13,23H,1,4-7H2/t8-,9-,10+,13+/m1/s1. The second kappa shape index (κ2) is 5.35. The summed E-state index contributed by atoms with van der Waals surface area (Å²) in [6.45, 7) is 0.721. The lowest BCUT2D eigenvalue weighted by molar-refractivity contribution is 0.0995. The van der Waals surface area contributed by atoms with Gasteiger partial charge in [0.25, 0.3) is 0 Å². The van der Waals surface area contributed by atoms with Crippen LogP contribution in [-0.2, 0) is 17.7 Å². The summed E-state index contributed by atoms with van der Waals surface area (Å²) in [5, 5.41) is 20.0. The quantitative estimate of drug-likeness (QED) is 0.881. The third-order valence-corrected chi connectivity index (χ3v) is 6.46. The van der Waals surface area contributed by atoms with Gasteiger partial charge in [0.05, 0.1) is 22.3 Å². The van der Waals surface area contributed by atoms with Crippen LogP contribution >= 0.6 is 23.2 Å². The van der Waals surface area contributed by atoms with Crippen molar-refractivity contribution < 1.29 is 9.84 Å². The summed E-state index contributed by atoms with van der Waals surface area (Å²) in [5.74, 6) is 2.58. The first kappa shape index (κ1) is 15.0. The Labute approximate surface area is 149 Å². The first-order valence-corrected chi connectivity index (χ1v) is 9.11. The van der Waals surface area contributed by atoms with Gasteiger partial charge in [-0.2, -0.15) is 0 Å². The highest BCUT2D eigenvalue weighted by atomic mass is 35.5. The lowest BCUT2D eigenvalue weighted by Gasteiger charge is -2.19. The summed E-state index contributed by atoms with van der Waals surface area (Å²) in [6.07, 6.45) is 4.69. The van der Waals surface area contributed by atoms with Crippen molar-refractivity contribution in [3.63, 3.8) is 0 Å². The molecule has 1 aromatic carbocycles. The second-order valence-corrected chi connectivity index (χ2v) is 7.78. The Morgan fingerprint density at radius 2 is 2.08 bits per heavy atom. The fraction of sp³-hybridized carbons (Fsp3) is 0.529. The SMILES string of the molecule is Oc1ccc(Cl)c(Cl)c1[C@@H]1Cc2nnc([C@H]3C[C@H]4CC[C@@H]3O4)n2C1. The molecule has 7 heteroatoms. The lowest BCUT2D eigenvalue weighted by atomic mass is 9.88. The fourth-order valence-electron chi connectivity index (χ4n) is 4.53. The molecule has 0 spiro atoms. The Kier molecular flexibility index (Phi) is 3.34. The molecule has 5 rings (SSSR count). The van der Waals surface area contributed by atoms with Crippen LogP contribution in [0, 0.1) is 0 Å². The number of aromatic nitrogens is 3. The molecular weight excluding hydrogens is 349 g/mol. The van der Waals surface area contributed by atoms with Gasteiger partial charge in [0, 0.05) is 30.4 Å². The van der Waals surface area contributed by atoms with Gasteiger partial charge in [0.1, 0.15) is 17.4 Å². The van der Waals surface area contributed by atoms with Gasteiger partial charge in [-0.15, -0.1) is 10.2 Å².